The van der Waals surface area contributed by atoms with Crippen LogP contribution in [0.3, 0.4) is 0 Å². The summed E-state index contributed by atoms with van der Waals surface area (Å²) in [6, 6.07) is 12.4. The van der Waals surface area contributed by atoms with Gasteiger partial charge in [0.15, 0.2) is 11.3 Å². The molecule has 0 amide bonds. The Balaban J connectivity index is 1.97. The number of hydrogen-bond donors (Lipinski definition) is 1. The molecule has 0 spiro atoms. The molecule has 0 saturated heterocycles. The van der Waals surface area contributed by atoms with Crippen molar-refractivity contribution in [1.82, 2.24) is 19.6 Å². The lowest BCUT2D eigenvalue weighted by molar-refractivity contribution is 0.810. The van der Waals surface area contributed by atoms with E-state index in [0.717, 1.165) is 50.6 Å². The van der Waals surface area contributed by atoms with E-state index in [4.69, 9.17) is 17.6 Å². The van der Waals surface area contributed by atoms with Crippen molar-refractivity contribution in [2.24, 2.45) is 0 Å². The minimum absolute atomic E-state index is 0.728. The number of hydrogen-bond acceptors (Lipinski definition) is 4. The fourth-order valence-corrected chi connectivity index (χ4v) is 3.57. The van der Waals surface area contributed by atoms with Crippen molar-refractivity contribution in [1.29, 1.82) is 0 Å². The minimum atomic E-state index is 0.728. The Kier molecular flexibility index (Phi) is 3.53. The smallest absolute Gasteiger partial charge is 0.184 e. The Morgan fingerprint density at radius 2 is 1.79 bits per heavy atom. The van der Waals surface area contributed by atoms with Crippen LogP contribution >= 0.6 is 12.6 Å². The summed E-state index contributed by atoms with van der Waals surface area (Å²) < 4.78 is 1.82. The third kappa shape index (κ3) is 2.36. The third-order valence-electron chi connectivity index (χ3n) is 4.35. The summed E-state index contributed by atoms with van der Waals surface area (Å²) in [7, 11) is 0. The predicted octanol–water partition coefficient (Wildman–Crippen LogP) is 4.08. The van der Waals surface area contributed by atoms with Crippen LogP contribution in [0.25, 0.3) is 16.7 Å². The van der Waals surface area contributed by atoms with Crippen LogP contribution in [0.4, 0.5) is 0 Å². The normalized spacial score (nSPS) is 11.5. The average molecular weight is 334 g/mol. The molecular weight excluding hydrogens is 316 g/mol. The molecule has 3 aromatic heterocycles. The van der Waals surface area contributed by atoms with E-state index in [1.807, 2.05) is 36.6 Å². The zero-order valence-corrected chi connectivity index (χ0v) is 14.8. The number of fused-ring (bicyclic) bond motifs is 3. The van der Waals surface area contributed by atoms with Gasteiger partial charge in [-0.25, -0.2) is 14.5 Å². The summed E-state index contributed by atoms with van der Waals surface area (Å²) in [5.74, 6) is 0. The molecule has 4 aromatic rings. The van der Waals surface area contributed by atoms with Crippen LogP contribution in [-0.2, 0) is 6.42 Å². The van der Waals surface area contributed by atoms with Gasteiger partial charge in [-0.1, -0.05) is 30.3 Å². The first kappa shape index (κ1) is 15.1. The van der Waals surface area contributed by atoms with Crippen molar-refractivity contribution in [3.8, 4) is 0 Å². The maximum atomic E-state index is 4.82. The van der Waals surface area contributed by atoms with E-state index >= 15 is 0 Å². The molecule has 0 radical (unpaired) electrons. The molecule has 0 bridgehead atoms. The third-order valence-corrected chi connectivity index (χ3v) is 4.81. The van der Waals surface area contributed by atoms with Gasteiger partial charge in [-0.3, -0.25) is 0 Å². The standard InChI is InChI=1S/C19H18N4S/c1-11-9-12(2)20-17-16(11)18-21-13(3)15(19(24)23(18)22-17)10-14-7-5-4-6-8-14/h4-9,24H,10H2,1-3H3. The Bertz CT molecular complexity index is 1070. The van der Waals surface area contributed by atoms with E-state index in [0.29, 0.717) is 0 Å². The Hall–Kier alpha value is -2.40. The number of benzene rings is 1. The van der Waals surface area contributed by atoms with E-state index in [1.54, 1.807) is 0 Å². The molecule has 5 heteroatoms. The van der Waals surface area contributed by atoms with Gasteiger partial charge < -0.3 is 0 Å². The lowest BCUT2D eigenvalue weighted by atomic mass is 10.1. The molecule has 0 saturated carbocycles. The molecule has 3 heterocycles. The highest BCUT2D eigenvalue weighted by molar-refractivity contribution is 7.80. The van der Waals surface area contributed by atoms with E-state index < -0.39 is 0 Å². The van der Waals surface area contributed by atoms with E-state index in [9.17, 15) is 0 Å². The van der Waals surface area contributed by atoms with Crippen LogP contribution in [0.5, 0.6) is 0 Å². The predicted molar refractivity (Wildman–Crippen MR) is 99.0 cm³/mol. The lowest BCUT2D eigenvalue weighted by Gasteiger charge is -2.10. The first-order chi connectivity index (χ1) is 11.5. The monoisotopic (exact) mass is 334 g/mol. The van der Waals surface area contributed by atoms with Crippen LogP contribution in [0, 0.1) is 20.8 Å². The fraction of sp³-hybridized carbons (Fsp3) is 0.211. The van der Waals surface area contributed by atoms with Gasteiger partial charge in [0.25, 0.3) is 0 Å². The van der Waals surface area contributed by atoms with Crippen LogP contribution in [0.2, 0.25) is 0 Å². The SMILES string of the molecule is Cc1cc(C)c2c(n1)nn1c(S)c(Cc3ccccc3)c(C)nc21. The average Bonchev–Trinajstić information content (AvgIpc) is 2.91. The molecule has 0 aliphatic carbocycles. The van der Waals surface area contributed by atoms with Gasteiger partial charge >= 0.3 is 0 Å². The van der Waals surface area contributed by atoms with Crippen LogP contribution in [0.15, 0.2) is 41.4 Å². The highest BCUT2D eigenvalue weighted by Gasteiger charge is 2.17. The number of rotatable bonds is 2. The molecule has 0 fully saturated rings. The highest BCUT2D eigenvalue weighted by Crippen LogP contribution is 2.27. The van der Waals surface area contributed by atoms with Crippen molar-refractivity contribution in [2.75, 3.05) is 0 Å². The second-order valence-corrected chi connectivity index (χ2v) is 6.60. The number of nitrogens with zero attached hydrogens (tertiary/aromatic N) is 4. The number of pyridine rings is 1. The quantitative estimate of drug-likeness (QED) is 0.444. The van der Waals surface area contributed by atoms with Gasteiger partial charge in [-0.2, -0.15) is 0 Å². The van der Waals surface area contributed by atoms with Crippen molar-refractivity contribution in [2.45, 2.75) is 32.2 Å². The summed E-state index contributed by atoms with van der Waals surface area (Å²) in [6.07, 6.45) is 0.788. The topological polar surface area (TPSA) is 43.1 Å². The number of thiol groups is 1. The zero-order valence-electron chi connectivity index (χ0n) is 13.9. The zero-order chi connectivity index (χ0) is 16.8. The van der Waals surface area contributed by atoms with Gasteiger partial charge in [0.2, 0.25) is 0 Å². The van der Waals surface area contributed by atoms with Crippen molar-refractivity contribution in [3.05, 3.63) is 64.5 Å². The molecule has 24 heavy (non-hydrogen) atoms. The second-order valence-electron chi connectivity index (χ2n) is 6.18. The summed E-state index contributed by atoms with van der Waals surface area (Å²) in [4.78, 5) is 9.38. The lowest BCUT2D eigenvalue weighted by Crippen LogP contribution is -2.04. The van der Waals surface area contributed by atoms with E-state index in [2.05, 4.69) is 35.2 Å². The maximum absolute atomic E-state index is 4.82. The first-order valence-electron chi connectivity index (χ1n) is 7.93. The molecule has 1 aromatic carbocycles. The van der Waals surface area contributed by atoms with Gasteiger partial charge in [0, 0.05) is 23.4 Å². The summed E-state index contributed by atoms with van der Waals surface area (Å²) in [6.45, 7) is 6.09. The maximum Gasteiger partial charge on any atom is 0.184 e. The van der Waals surface area contributed by atoms with E-state index in [1.165, 1.54) is 5.56 Å². The van der Waals surface area contributed by atoms with Gasteiger partial charge in [-0.15, -0.1) is 17.7 Å². The Morgan fingerprint density at radius 3 is 2.54 bits per heavy atom. The van der Waals surface area contributed by atoms with Crippen LogP contribution in [-0.4, -0.2) is 19.6 Å². The van der Waals surface area contributed by atoms with Gasteiger partial charge in [-0.05, 0) is 38.0 Å². The van der Waals surface area contributed by atoms with E-state index in [-0.39, 0.29) is 0 Å². The Morgan fingerprint density at radius 1 is 1.04 bits per heavy atom. The molecule has 4 rings (SSSR count). The van der Waals surface area contributed by atoms with Crippen LogP contribution < -0.4 is 0 Å². The molecule has 120 valence electrons. The van der Waals surface area contributed by atoms with Crippen molar-refractivity contribution < 1.29 is 0 Å². The van der Waals surface area contributed by atoms with Gasteiger partial charge in [0.05, 0.1) is 5.39 Å². The Labute approximate surface area is 146 Å². The van der Waals surface area contributed by atoms with Crippen molar-refractivity contribution >= 4 is 29.3 Å². The van der Waals surface area contributed by atoms with Crippen LogP contribution in [0.1, 0.15) is 28.1 Å². The second kappa shape index (κ2) is 5.60. The molecule has 0 N–H and O–H groups in total. The first-order valence-corrected chi connectivity index (χ1v) is 8.38. The number of aryl methyl sites for hydroxylation is 3. The minimum Gasteiger partial charge on any atom is -0.233 e. The molecule has 0 atom stereocenters. The largest absolute Gasteiger partial charge is 0.233 e. The molecule has 4 nitrogen and oxygen atoms in total. The summed E-state index contributed by atoms with van der Waals surface area (Å²) >= 11 is 4.77. The summed E-state index contributed by atoms with van der Waals surface area (Å²) in [5, 5.41) is 6.48. The van der Waals surface area contributed by atoms with Gasteiger partial charge in [0.1, 0.15) is 5.03 Å². The molecule has 0 aliphatic heterocycles. The highest BCUT2D eigenvalue weighted by atomic mass is 32.1. The fourth-order valence-electron chi connectivity index (χ4n) is 3.19. The van der Waals surface area contributed by atoms with Crippen molar-refractivity contribution in [3.63, 3.8) is 0 Å². The molecular formula is C19H18N4S. The molecule has 0 unspecified atom stereocenters. The number of aromatic nitrogens is 4. The molecule has 0 aliphatic rings. The summed E-state index contributed by atoms with van der Waals surface area (Å²) in [5.41, 5.74) is 6.98.